The minimum Gasteiger partial charge on any atom is -0.490 e. The highest BCUT2D eigenvalue weighted by atomic mass is 19.1. The van der Waals surface area contributed by atoms with Crippen LogP contribution in [0.4, 0.5) is 4.39 Å². The first-order chi connectivity index (χ1) is 8.04. The van der Waals surface area contributed by atoms with Gasteiger partial charge in [0.05, 0.1) is 12.2 Å². The molecular formula is C13H19FO3. The molecule has 1 unspecified atom stereocenters. The van der Waals surface area contributed by atoms with Crippen molar-refractivity contribution >= 4 is 0 Å². The van der Waals surface area contributed by atoms with E-state index in [-0.39, 0.29) is 11.9 Å². The molecule has 0 aliphatic rings. The van der Waals surface area contributed by atoms with E-state index in [0.717, 1.165) is 6.42 Å². The lowest BCUT2D eigenvalue weighted by Gasteiger charge is -2.18. The van der Waals surface area contributed by atoms with E-state index >= 15 is 0 Å². The fraction of sp³-hybridized carbons (Fsp3) is 0.538. The number of aliphatic hydroxyl groups is 1. The van der Waals surface area contributed by atoms with Crippen molar-refractivity contribution in [3.63, 3.8) is 0 Å². The second-order valence-electron chi connectivity index (χ2n) is 4.07. The summed E-state index contributed by atoms with van der Waals surface area (Å²) in [6, 6.07) is 4.16. The van der Waals surface area contributed by atoms with Gasteiger partial charge in [0.15, 0.2) is 0 Å². The normalized spacial score (nSPS) is 14.4. The molecule has 0 radical (unpaired) electrons. The molecule has 96 valence electrons. The van der Waals surface area contributed by atoms with Crippen molar-refractivity contribution in [2.45, 2.75) is 32.5 Å². The van der Waals surface area contributed by atoms with Gasteiger partial charge in [-0.3, -0.25) is 0 Å². The minimum absolute atomic E-state index is 0.0436. The van der Waals surface area contributed by atoms with E-state index in [1.165, 1.54) is 12.1 Å². The number of benzene rings is 1. The Bertz CT molecular complexity index is 353. The molecule has 0 aromatic heterocycles. The lowest BCUT2D eigenvalue weighted by atomic mass is 10.1. The number of rotatable bonds is 6. The molecule has 0 bridgehead atoms. The SMILES string of the molecule is COCCC(C)Oc1ccc(F)cc1[C@@H](C)O. The Kier molecular flexibility index (Phi) is 5.38. The smallest absolute Gasteiger partial charge is 0.125 e. The minimum atomic E-state index is -0.754. The van der Waals surface area contributed by atoms with Gasteiger partial charge in [-0.2, -0.15) is 0 Å². The zero-order chi connectivity index (χ0) is 12.8. The Morgan fingerprint density at radius 1 is 1.35 bits per heavy atom. The fourth-order valence-electron chi connectivity index (χ4n) is 1.51. The molecule has 0 aliphatic carbocycles. The van der Waals surface area contributed by atoms with Gasteiger partial charge in [-0.15, -0.1) is 0 Å². The lowest BCUT2D eigenvalue weighted by molar-refractivity contribution is 0.129. The number of hydrogen-bond acceptors (Lipinski definition) is 3. The van der Waals surface area contributed by atoms with Gasteiger partial charge >= 0.3 is 0 Å². The highest BCUT2D eigenvalue weighted by Crippen LogP contribution is 2.27. The van der Waals surface area contributed by atoms with Crippen LogP contribution in [0.1, 0.15) is 31.9 Å². The number of methoxy groups -OCH3 is 1. The highest BCUT2D eigenvalue weighted by Gasteiger charge is 2.13. The molecule has 1 aromatic rings. The summed E-state index contributed by atoms with van der Waals surface area (Å²) in [5, 5.41) is 9.55. The molecule has 0 saturated carbocycles. The van der Waals surface area contributed by atoms with E-state index in [2.05, 4.69) is 0 Å². The molecule has 0 heterocycles. The maximum Gasteiger partial charge on any atom is 0.125 e. The van der Waals surface area contributed by atoms with Crippen LogP contribution in [0.5, 0.6) is 5.75 Å². The first kappa shape index (κ1) is 13.9. The van der Waals surface area contributed by atoms with Crippen molar-refractivity contribution in [2.24, 2.45) is 0 Å². The van der Waals surface area contributed by atoms with Crippen LogP contribution in [-0.4, -0.2) is 24.9 Å². The summed E-state index contributed by atoms with van der Waals surface area (Å²) in [5.74, 6) is 0.141. The van der Waals surface area contributed by atoms with E-state index < -0.39 is 6.10 Å². The third-order valence-corrected chi connectivity index (χ3v) is 2.48. The predicted molar refractivity (Wildman–Crippen MR) is 63.6 cm³/mol. The average molecular weight is 242 g/mol. The van der Waals surface area contributed by atoms with Crippen LogP contribution in [0.25, 0.3) is 0 Å². The van der Waals surface area contributed by atoms with Crippen molar-refractivity contribution in [1.29, 1.82) is 0 Å². The van der Waals surface area contributed by atoms with Crippen LogP contribution in [-0.2, 0) is 4.74 Å². The van der Waals surface area contributed by atoms with Gasteiger partial charge in [0.2, 0.25) is 0 Å². The Morgan fingerprint density at radius 3 is 2.65 bits per heavy atom. The lowest BCUT2D eigenvalue weighted by Crippen LogP contribution is -2.15. The second kappa shape index (κ2) is 6.57. The molecule has 1 aromatic carbocycles. The Hall–Kier alpha value is -1.13. The Morgan fingerprint density at radius 2 is 2.06 bits per heavy atom. The third-order valence-electron chi connectivity index (χ3n) is 2.48. The summed E-state index contributed by atoms with van der Waals surface area (Å²) in [6.45, 7) is 4.10. The Labute approximate surface area is 101 Å². The van der Waals surface area contributed by atoms with E-state index in [9.17, 15) is 9.50 Å². The van der Waals surface area contributed by atoms with Crippen molar-refractivity contribution in [3.05, 3.63) is 29.6 Å². The molecule has 0 amide bonds. The molecule has 1 N–H and O–H groups in total. The van der Waals surface area contributed by atoms with Gasteiger partial charge in [-0.05, 0) is 32.0 Å². The first-order valence-corrected chi connectivity index (χ1v) is 5.67. The maximum absolute atomic E-state index is 13.1. The topological polar surface area (TPSA) is 38.7 Å². The highest BCUT2D eigenvalue weighted by molar-refractivity contribution is 5.35. The third kappa shape index (κ3) is 4.32. The van der Waals surface area contributed by atoms with Crippen molar-refractivity contribution in [2.75, 3.05) is 13.7 Å². The molecular weight excluding hydrogens is 223 g/mol. The van der Waals surface area contributed by atoms with Crippen LogP contribution in [0.15, 0.2) is 18.2 Å². The van der Waals surface area contributed by atoms with Crippen LogP contribution in [0, 0.1) is 5.82 Å². The van der Waals surface area contributed by atoms with E-state index in [1.807, 2.05) is 6.92 Å². The van der Waals surface area contributed by atoms with Crippen LogP contribution < -0.4 is 4.74 Å². The summed E-state index contributed by atoms with van der Waals surface area (Å²) in [5.41, 5.74) is 0.467. The summed E-state index contributed by atoms with van der Waals surface area (Å²) in [7, 11) is 1.63. The molecule has 0 spiro atoms. The average Bonchev–Trinajstić information content (AvgIpc) is 2.28. The summed E-state index contributed by atoms with van der Waals surface area (Å²) < 4.78 is 23.7. The van der Waals surface area contributed by atoms with E-state index in [4.69, 9.17) is 9.47 Å². The fourth-order valence-corrected chi connectivity index (χ4v) is 1.51. The molecule has 3 nitrogen and oxygen atoms in total. The van der Waals surface area contributed by atoms with Crippen LogP contribution >= 0.6 is 0 Å². The van der Waals surface area contributed by atoms with E-state index in [0.29, 0.717) is 17.9 Å². The van der Waals surface area contributed by atoms with Crippen LogP contribution in [0.3, 0.4) is 0 Å². The predicted octanol–water partition coefficient (Wildman–Crippen LogP) is 2.68. The zero-order valence-corrected chi connectivity index (χ0v) is 10.4. The zero-order valence-electron chi connectivity index (χ0n) is 10.4. The van der Waals surface area contributed by atoms with Crippen LogP contribution in [0.2, 0.25) is 0 Å². The van der Waals surface area contributed by atoms with Gasteiger partial charge in [-0.25, -0.2) is 4.39 Å². The van der Waals surface area contributed by atoms with Crippen molar-refractivity contribution in [1.82, 2.24) is 0 Å². The number of hydrogen-bond donors (Lipinski definition) is 1. The van der Waals surface area contributed by atoms with Gasteiger partial charge in [0, 0.05) is 25.7 Å². The molecule has 2 atom stereocenters. The first-order valence-electron chi connectivity index (χ1n) is 5.67. The standard InChI is InChI=1S/C13H19FO3/c1-9(6-7-16-3)17-13-5-4-11(14)8-12(13)10(2)15/h4-5,8-10,15H,6-7H2,1-3H3/t9?,10-/m1/s1. The molecule has 0 aliphatic heterocycles. The molecule has 17 heavy (non-hydrogen) atoms. The summed E-state index contributed by atoms with van der Waals surface area (Å²) in [4.78, 5) is 0. The maximum atomic E-state index is 13.1. The molecule has 1 rings (SSSR count). The monoisotopic (exact) mass is 242 g/mol. The molecule has 4 heteroatoms. The molecule has 0 saturated heterocycles. The van der Waals surface area contributed by atoms with E-state index in [1.54, 1.807) is 20.1 Å². The quantitative estimate of drug-likeness (QED) is 0.833. The van der Waals surface area contributed by atoms with Crippen molar-refractivity contribution < 1.29 is 19.0 Å². The van der Waals surface area contributed by atoms with Gasteiger partial charge < -0.3 is 14.6 Å². The second-order valence-corrected chi connectivity index (χ2v) is 4.07. The van der Waals surface area contributed by atoms with Gasteiger partial charge in [0.1, 0.15) is 11.6 Å². The summed E-state index contributed by atoms with van der Waals surface area (Å²) >= 11 is 0. The Balaban J connectivity index is 2.76. The number of halogens is 1. The van der Waals surface area contributed by atoms with Gasteiger partial charge in [0.25, 0.3) is 0 Å². The summed E-state index contributed by atoms with van der Waals surface area (Å²) in [6.07, 6.45) is -0.0547. The van der Waals surface area contributed by atoms with Gasteiger partial charge in [-0.1, -0.05) is 0 Å². The number of aliphatic hydroxyl groups excluding tert-OH is 1. The molecule has 0 fully saturated rings. The number of ether oxygens (including phenoxy) is 2. The largest absolute Gasteiger partial charge is 0.490 e. The van der Waals surface area contributed by atoms with Crippen molar-refractivity contribution in [3.8, 4) is 5.75 Å².